The van der Waals surface area contributed by atoms with Gasteiger partial charge in [0, 0.05) is 12.7 Å². The number of primary amides is 1. The summed E-state index contributed by atoms with van der Waals surface area (Å²) < 4.78 is 1.88. The zero-order valence-corrected chi connectivity index (χ0v) is 10.2. The average Bonchev–Trinajstić information content (AvgIpc) is 2.63. The van der Waals surface area contributed by atoms with Crippen molar-refractivity contribution in [1.29, 1.82) is 0 Å². The first kappa shape index (κ1) is 12.7. The Morgan fingerprint density at radius 3 is 2.81 bits per heavy atom. The van der Waals surface area contributed by atoms with Gasteiger partial charge in [-0.2, -0.15) is 5.10 Å². The first-order chi connectivity index (χ1) is 7.48. The van der Waals surface area contributed by atoms with Crippen LogP contribution in [0.15, 0.2) is 12.4 Å². The zero-order valence-electron chi connectivity index (χ0n) is 10.2. The van der Waals surface area contributed by atoms with E-state index in [4.69, 9.17) is 5.73 Å². The number of carbonyl (C=O) groups excluding carboxylic acids is 1. The summed E-state index contributed by atoms with van der Waals surface area (Å²) in [6.07, 6.45) is 5.38. The lowest BCUT2D eigenvalue weighted by Crippen LogP contribution is -2.51. The number of nitrogens with two attached hydrogens (primary N) is 1. The summed E-state index contributed by atoms with van der Waals surface area (Å²) in [4.78, 5) is 11.2. The van der Waals surface area contributed by atoms with Crippen molar-refractivity contribution in [1.82, 2.24) is 15.1 Å². The summed E-state index contributed by atoms with van der Waals surface area (Å²) in [5.74, 6) is -0.313. The molecule has 1 unspecified atom stereocenters. The number of carbonyl (C=O) groups is 1. The van der Waals surface area contributed by atoms with Crippen LogP contribution in [0.3, 0.4) is 0 Å². The van der Waals surface area contributed by atoms with Crippen LogP contribution in [0.1, 0.15) is 25.3 Å². The molecule has 0 aliphatic rings. The molecule has 1 atom stereocenters. The molecule has 0 aliphatic heterocycles. The molecule has 0 aromatic carbocycles. The summed E-state index contributed by atoms with van der Waals surface area (Å²) in [6.45, 7) is 4.63. The molecule has 5 heteroatoms. The molecule has 1 amide bonds. The lowest BCUT2D eigenvalue weighted by Gasteiger charge is -2.25. The van der Waals surface area contributed by atoms with Gasteiger partial charge in [0.05, 0.1) is 11.7 Å². The van der Waals surface area contributed by atoms with Crippen LogP contribution < -0.4 is 11.1 Å². The zero-order chi connectivity index (χ0) is 12.2. The number of likely N-dealkylation sites (N-methyl/N-ethyl adjacent to an activating group) is 1. The topological polar surface area (TPSA) is 72.9 Å². The number of hydrogen-bond acceptors (Lipinski definition) is 3. The summed E-state index contributed by atoms with van der Waals surface area (Å²) >= 11 is 0. The van der Waals surface area contributed by atoms with Crippen molar-refractivity contribution in [2.24, 2.45) is 5.73 Å². The molecule has 0 aliphatic carbocycles. The van der Waals surface area contributed by atoms with E-state index in [1.165, 1.54) is 0 Å². The van der Waals surface area contributed by atoms with Crippen LogP contribution in [0.4, 0.5) is 0 Å². The van der Waals surface area contributed by atoms with Crippen molar-refractivity contribution in [3.63, 3.8) is 0 Å². The first-order valence-electron chi connectivity index (χ1n) is 5.46. The van der Waals surface area contributed by atoms with Gasteiger partial charge in [-0.3, -0.25) is 9.48 Å². The molecule has 1 heterocycles. The van der Waals surface area contributed by atoms with E-state index in [2.05, 4.69) is 10.4 Å². The molecule has 90 valence electrons. The van der Waals surface area contributed by atoms with Crippen molar-refractivity contribution >= 4 is 5.91 Å². The van der Waals surface area contributed by atoms with Crippen LogP contribution in [-0.2, 0) is 11.3 Å². The molecule has 0 radical (unpaired) electrons. The normalized spacial score (nSPS) is 14.7. The molecule has 0 saturated heterocycles. The summed E-state index contributed by atoms with van der Waals surface area (Å²) in [6, 6.07) is 0. The second-order valence-corrected chi connectivity index (χ2v) is 4.33. The van der Waals surface area contributed by atoms with Crippen molar-refractivity contribution in [3.8, 4) is 0 Å². The monoisotopic (exact) mass is 224 g/mol. The van der Waals surface area contributed by atoms with E-state index in [1.807, 2.05) is 30.9 Å². The Bertz CT molecular complexity index is 361. The van der Waals surface area contributed by atoms with Gasteiger partial charge < -0.3 is 11.1 Å². The Kier molecular flexibility index (Phi) is 4.06. The van der Waals surface area contributed by atoms with E-state index in [0.717, 1.165) is 18.5 Å². The van der Waals surface area contributed by atoms with E-state index in [-0.39, 0.29) is 5.91 Å². The number of aryl methyl sites for hydroxylation is 2. The third-order valence-corrected chi connectivity index (χ3v) is 2.92. The largest absolute Gasteiger partial charge is 0.368 e. The Morgan fingerprint density at radius 1 is 1.69 bits per heavy atom. The van der Waals surface area contributed by atoms with E-state index >= 15 is 0 Å². The molecule has 0 fully saturated rings. The molecule has 0 bridgehead atoms. The van der Waals surface area contributed by atoms with Crippen LogP contribution in [0.5, 0.6) is 0 Å². The fourth-order valence-corrected chi connectivity index (χ4v) is 1.56. The van der Waals surface area contributed by atoms with E-state index in [1.54, 1.807) is 7.05 Å². The van der Waals surface area contributed by atoms with E-state index < -0.39 is 5.54 Å². The average molecular weight is 224 g/mol. The summed E-state index contributed by atoms with van der Waals surface area (Å²) in [5, 5.41) is 7.15. The minimum Gasteiger partial charge on any atom is -0.368 e. The second kappa shape index (κ2) is 5.12. The SMILES string of the molecule is CNC(C)(CCCn1cc(C)cn1)C(N)=O. The summed E-state index contributed by atoms with van der Waals surface area (Å²) in [5.41, 5.74) is 5.86. The van der Waals surface area contributed by atoms with Crippen LogP contribution in [-0.4, -0.2) is 28.3 Å². The number of hydrogen-bond donors (Lipinski definition) is 2. The Morgan fingerprint density at radius 2 is 2.38 bits per heavy atom. The molecule has 1 aromatic heterocycles. The van der Waals surface area contributed by atoms with E-state index in [9.17, 15) is 4.79 Å². The molecule has 1 aromatic rings. The number of aromatic nitrogens is 2. The fourth-order valence-electron chi connectivity index (χ4n) is 1.56. The van der Waals surface area contributed by atoms with Gasteiger partial charge in [-0.15, -0.1) is 0 Å². The maximum Gasteiger partial charge on any atom is 0.237 e. The quantitative estimate of drug-likeness (QED) is 0.736. The predicted octanol–water partition coefficient (Wildman–Crippen LogP) is 0.435. The lowest BCUT2D eigenvalue weighted by atomic mass is 9.95. The third-order valence-electron chi connectivity index (χ3n) is 2.92. The number of nitrogens with one attached hydrogen (secondary N) is 1. The van der Waals surface area contributed by atoms with Gasteiger partial charge in [-0.1, -0.05) is 0 Å². The van der Waals surface area contributed by atoms with Crippen molar-refractivity contribution in [2.75, 3.05) is 7.05 Å². The fraction of sp³-hybridized carbons (Fsp3) is 0.636. The molecular weight excluding hydrogens is 204 g/mol. The number of rotatable bonds is 6. The van der Waals surface area contributed by atoms with Gasteiger partial charge in [0.2, 0.25) is 5.91 Å². The van der Waals surface area contributed by atoms with Crippen LogP contribution in [0.2, 0.25) is 0 Å². The first-order valence-corrected chi connectivity index (χ1v) is 5.46. The molecule has 3 N–H and O–H groups in total. The predicted molar refractivity (Wildman–Crippen MR) is 62.9 cm³/mol. The Hall–Kier alpha value is -1.36. The van der Waals surface area contributed by atoms with Crippen LogP contribution in [0, 0.1) is 6.92 Å². The maximum atomic E-state index is 11.2. The Labute approximate surface area is 96.0 Å². The minimum absolute atomic E-state index is 0.313. The highest BCUT2D eigenvalue weighted by Crippen LogP contribution is 2.12. The molecule has 1 rings (SSSR count). The number of amides is 1. The van der Waals surface area contributed by atoms with Crippen molar-refractivity contribution < 1.29 is 4.79 Å². The summed E-state index contributed by atoms with van der Waals surface area (Å²) in [7, 11) is 1.75. The third kappa shape index (κ3) is 3.06. The molecule has 0 spiro atoms. The van der Waals surface area contributed by atoms with Gasteiger partial charge in [-0.25, -0.2) is 0 Å². The highest BCUT2D eigenvalue weighted by Gasteiger charge is 2.27. The van der Waals surface area contributed by atoms with Gasteiger partial charge >= 0.3 is 0 Å². The Balaban J connectivity index is 2.43. The standard InChI is InChI=1S/C11H20N4O/c1-9-7-14-15(8-9)6-4-5-11(2,13-3)10(12)16/h7-8,13H,4-6H2,1-3H3,(H2,12,16). The second-order valence-electron chi connectivity index (χ2n) is 4.33. The molecule has 0 saturated carbocycles. The highest BCUT2D eigenvalue weighted by atomic mass is 16.1. The molecular formula is C11H20N4O. The molecule has 16 heavy (non-hydrogen) atoms. The van der Waals surface area contributed by atoms with Crippen molar-refractivity contribution in [3.05, 3.63) is 18.0 Å². The van der Waals surface area contributed by atoms with E-state index in [0.29, 0.717) is 6.42 Å². The van der Waals surface area contributed by atoms with Crippen LogP contribution in [0.25, 0.3) is 0 Å². The van der Waals surface area contributed by atoms with Crippen LogP contribution >= 0.6 is 0 Å². The van der Waals surface area contributed by atoms with Gasteiger partial charge in [0.15, 0.2) is 0 Å². The highest BCUT2D eigenvalue weighted by molar-refractivity contribution is 5.84. The molecule has 5 nitrogen and oxygen atoms in total. The lowest BCUT2D eigenvalue weighted by molar-refractivity contribution is -0.123. The van der Waals surface area contributed by atoms with Gasteiger partial charge in [0.1, 0.15) is 0 Å². The maximum absolute atomic E-state index is 11.2. The minimum atomic E-state index is -0.623. The van der Waals surface area contributed by atoms with Gasteiger partial charge in [-0.05, 0) is 39.3 Å². The van der Waals surface area contributed by atoms with Crippen molar-refractivity contribution in [2.45, 2.75) is 38.8 Å². The number of nitrogens with zero attached hydrogens (tertiary/aromatic N) is 2. The van der Waals surface area contributed by atoms with Gasteiger partial charge in [0.25, 0.3) is 0 Å². The smallest absolute Gasteiger partial charge is 0.237 e.